The van der Waals surface area contributed by atoms with Crippen LogP contribution in [-0.4, -0.2) is 40.6 Å². The lowest BCUT2D eigenvalue weighted by Gasteiger charge is -2.38. The fraction of sp³-hybridized carbons (Fsp3) is 0.900. The van der Waals surface area contributed by atoms with Crippen molar-refractivity contribution in [1.29, 1.82) is 0 Å². The van der Waals surface area contributed by atoms with Crippen LogP contribution in [0.1, 0.15) is 33.1 Å². The standard InChI is InChI=1S/C10H20N2O2/c1-3-8(9(11)13)12-6-4-10(2,14)5-7-12/h8,14H,3-7H2,1-2H3,(H2,11,13). The van der Waals surface area contributed by atoms with E-state index in [2.05, 4.69) is 4.90 Å². The highest BCUT2D eigenvalue weighted by atomic mass is 16.3. The average molecular weight is 200 g/mol. The van der Waals surface area contributed by atoms with Gasteiger partial charge in [-0.05, 0) is 26.2 Å². The molecule has 1 saturated heterocycles. The molecule has 0 spiro atoms. The second-order valence-corrected chi connectivity index (χ2v) is 4.36. The highest BCUT2D eigenvalue weighted by molar-refractivity contribution is 5.79. The average Bonchev–Trinajstić information content (AvgIpc) is 2.08. The maximum atomic E-state index is 11.1. The van der Waals surface area contributed by atoms with Crippen LogP contribution < -0.4 is 5.73 Å². The summed E-state index contributed by atoms with van der Waals surface area (Å²) >= 11 is 0. The number of aliphatic hydroxyl groups is 1. The van der Waals surface area contributed by atoms with Gasteiger partial charge in [0, 0.05) is 13.1 Å². The molecular formula is C10H20N2O2. The Morgan fingerprint density at radius 2 is 2.07 bits per heavy atom. The van der Waals surface area contributed by atoms with Crippen molar-refractivity contribution in [3.05, 3.63) is 0 Å². The van der Waals surface area contributed by atoms with E-state index in [1.807, 2.05) is 13.8 Å². The van der Waals surface area contributed by atoms with E-state index in [-0.39, 0.29) is 11.9 Å². The van der Waals surface area contributed by atoms with E-state index in [9.17, 15) is 9.90 Å². The molecule has 1 fully saturated rings. The van der Waals surface area contributed by atoms with Gasteiger partial charge >= 0.3 is 0 Å². The molecule has 0 aromatic rings. The van der Waals surface area contributed by atoms with Crippen molar-refractivity contribution in [2.24, 2.45) is 5.73 Å². The van der Waals surface area contributed by atoms with Gasteiger partial charge in [-0.15, -0.1) is 0 Å². The normalized spacial score (nSPS) is 24.5. The predicted molar refractivity (Wildman–Crippen MR) is 54.7 cm³/mol. The first-order valence-corrected chi connectivity index (χ1v) is 5.22. The maximum Gasteiger partial charge on any atom is 0.234 e. The summed E-state index contributed by atoms with van der Waals surface area (Å²) < 4.78 is 0. The largest absolute Gasteiger partial charge is 0.390 e. The van der Waals surface area contributed by atoms with Crippen molar-refractivity contribution >= 4 is 5.91 Å². The molecule has 0 saturated carbocycles. The molecule has 14 heavy (non-hydrogen) atoms. The third kappa shape index (κ3) is 2.69. The van der Waals surface area contributed by atoms with Gasteiger partial charge in [0.25, 0.3) is 0 Å². The van der Waals surface area contributed by atoms with Crippen molar-refractivity contribution in [3.63, 3.8) is 0 Å². The summed E-state index contributed by atoms with van der Waals surface area (Å²) in [5.41, 5.74) is 4.74. The number of amides is 1. The Morgan fingerprint density at radius 3 is 2.43 bits per heavy atom. The molecule has 1 atom stereocenters. The molecule has 1 aliphatic rings. The summed E-state index contributed by atoms with van der Waals surface area (Å²) in [6.45, 7) is 5.32. The molecule has 3 N–H and O–H groups in total. The Hall–Kier alpha value is -0.610. The molecular weight excluding hydrogens is 180 g/mol. The predicted octanol–water partition coefficient (Wildman–Crippen LogP) is 0.0971. The van der Waals surface area contributed by atoms with Crippen molar-refractivity contribution in [2.45, 2.75) is 44.8 Å². The van der Waals surface area contributed by atoms with Crippen LogP contribution in [0.3, 0.4) is 0 Å². The van der Waals surface area contributed by atoms with Crippen molar-refractivity contribution in [1.82, 2.24) is 4.90 Å². The molecule has 1 aliphatic heterocycles. The van der Waals surface area contributed by atoms with E-state index in [1.165, 1.54) is 0 Å². The number of rotatable bonds is 3. The molecule has 0 aromatic heterocycles. The Balaban J connectivity index is 2.51. The van der Waals surface area contributed by atoms with Gasteiger partial charge in [-0.2, -0.15) is 0 Å². The smallest absolute Gasteiger partial charge is 0.234 e. The number of carbonyl (C=O) groups excluding carboxylic acids is 1. The third-order valence-electron chi connectivity index (χ3n) is 3.03. The molecule has 1 heterocycles. The van der Waals surface area contributed by atoms with Crippen LogP contribution in [0, 0.1) is 0 Å². The van der Waals surface area contributed by atoms with Gasteiger partial charge in [-0.25, -0.2) is 0 Å². The SMILES string of the molecule is CCC(C(N)=O)N1CCC(C)(O)CC1. The van der Waals surface area contributed by atoms with E-state index in [0.29, 0.717) is 0 Å². The molecule has 1 unspecified atom stereocenters. The number of nitrogens with zero attached hydrogens (tertiary/aromatic N) is 1. The second-order valence-electron chi connectivity index (χ2n) is 4.36. The minimum Gasteiger partial charge on any atom is -0.390 e. The van der Waals surface area contributed by atoms with Gasteiger partial charge in [0.05, 0.1) is 11.6 Å². The zero-order valence-electron chi connectivity index (χ0n) is 8.99. The molecule has 1 amide bonds. The Labute approximate surface area is 85.1 Å². The molecule has 4 heteroatoms. The van der Waals surface area contributed by atoms with Gasteiger partial charge in [0.2, 0.25) is 5.91 Å². The van der Waals surface area contributed by atoms with E-state index in [1.54, 1.807) is 0 Å². The lowest BCUT2D eigenvalue weighted by atomic mass is 9.92. The molecule has 0 bridgehead atoms. The summed E-state index contributed by atoms with van der Waals surface area (Å²) in [6.07, 6.45) is 2.19. The second kappa shape index (κ2) is 4.28. The number of likely N-dealkylation sites (tertiary alicyclic amines) is 1. The van der Waals surface area contributed by atoms with Crippen LogP contribution in [0.2, 0.25) is 0 Å². The molecule has 0 aromatic carbocycles. The number of carbonyl (C=O) groups is 1. The number of hydrogen-bond acceptors (Lipinski definition) is 3. The zero-order chi connectivity index (χ0) is 10.8. The fourth-order valence-electron chi connectivity index (χ4n) is 1.96. The summed E-state index contributed by atoms with van der Waals surface area (Å²) in [7, 11) is 0. The van der Waals surface area contributed by atoms with E-state index in [0.717, 1.165) is 32.4 Å². The number of nitrogens with two attached hydrogens (primary N) is 1. The first kappa shape index (κ1) is 11.5. The van der Waals surface area contributed by atoms with Crippen LogP contribution in [0.5, 0.6) is 0 Å². The van der Waals surface area contributed by atoms with Crippen LogP contribution in [-0.2, 0) is 4.79 Å². The molecule has 82 valence electrons. The fourth-order valence-corrected chi connectivity index (χ4v) is 1.96. The Bertz CT molecular complexity index is 206. The minimum atomic E-state index is -0.563. The lowest BCUT2D eigenvalue weighted by molar-refractivity contribution is -0.125. The summed E-state index contributed by atoms with van der Waals surface area (Å²) in [6, 6.07) is -0.161. The van der Waals surface area contributed by atoms with E-state index in [4.69, 9.17) is 5.73 Å². The number of piperidine rings is 1. The van der Waals surface area contributed by atoms with Crippen molar-refractivity contribution in [2.75, 3.05) is 13.1 Å². The highest BCUT2D eigenvalue weighted by Crippen LogP contribution is 2.23. The third-order valence-corrected chi connectivity index (χ3v) is 3.03. The topological polar surface area (TPSA) is 66.6 Å². The first-order valence-electron chi connectivity index (χ1n) is 5.22. The lowest BCUT2D eigenvalue weighted by Crippen LogP contribution is -2.51. The Morgan fingerprint density at radius 1 is 1.57 bits per heavy atom. The number of hydrogen-bond donors (Lipinski definition) is 2. The molecule has 0 aliphatic carbocycles. The van der Waals surface area contributed by atoms with Gasteiger partial charge in [0.1, 0.15) is 0 Å². The van der Waals surface area contributed by atoms with Gasteiger partial charge < -0.3 is 10.8 Å². The zero-order valence-corrected chi connectivity index (χ0v) is 8.99. The van der Waals surface area contributed by atoms with Gasteiger partial charge in [-0.1, -0.05) is 6.92 Å². The molecule has 0 radical (unpaired) electrons. The summed E-state index contributed by atoms with van der Waals surface area (Å²) in [5.74, 6) is -0.256. The summed E-state index contributed by atoms with van der Waals surface area (Å²) in [5, 5.41) is 9.74. The van der Waals surface area contributed by atoms with Crippen molar-refractivity contribution < 1.29 is 9.90 Å². The molecule has 4 nitrogen and oxygen atoms in total. The van der Waals surface area contributed by atoms with Crippen LogP contribution >= 0.6 is 0 Å². The van der Waals surface area contributed by atoms with E-state index >= 15 is 0 Å². The van der Waals surface area contributed by atoms with E-state index < -0.39 is 5.60 Å². The summed E-state index contributed by atoms with van der Waals surface area (Å²) in [4.78, 5) is 13.2. The monoisotopic (exact) mass is 200 g/mol. The Kier molecular flexibility index (Phi) is 3.50. The molecule has 1 rings (SSSR count). The highest BCUT2D eigenvalue weighted by Gasteiger charge is 2.31. The van der Waals surface area contributed by atoms with Crippen LogP contribution in [0.4, 0.5) is 0 Å². The van der Waals surface area contributed by atoms with Crippen LogP contribution in [0.15, 0.2) is 0 Å². The first-order chi connectivity index (χ1) is 6.46. The van der Waals surface area contributed by atoms with Gasteiger partial charge in [-0.3, -0.25) is 9.69 Å². The minimum absolute atomic E-state index is 0.161. The van der Waals surface area contributed by atoms with Crippen LogP contribution in [0.25, 0.3) is 0 Å². The maximum absolute atomic E-state index is 11.1. The van der Waals surface area contributed by atoms with Gasteiger partial charge in [0.15, 0.2) is 0 Å². The van der Waals surface area contributed by atoms with Crippen molar-refractivity contribution in [3.8, 4) is 0 Å². The quantitative estimate of drug-likeness (QED) is 0.679. The number of primary amides is 1.